The minimum absolute atomic E-state index is 0.544. The summed E-state index contributed by atoms with van der Waals surface area (Å²) in [6, 6.07) is 6.03. The molecule has 2 heterocycles. The van der Waals surface area contributed by atoms with Gasteiger partial charge in [-0.3, -0.25) is 25.2 Å². The summed E-state index contributed by atoms with van der Waals surface area (Å²) in [5, 5.41) is 4.31. The van der Waals surface area contributed by atoms with Crippen molar-refractivity contribution in [3.05, 3.63) is 41.7 Å². The summed E-state index contributed by atoms with van der Waals surface area (Å²) in [7, 11) is 0. The van der Waals surface area contributed by atoms with E-state index in [1.165, 1.54) is 28.2 Å². The first kappa shape index (κ1) is 20.2. The second-order valence-corrected chi connectivity index (χ2v) is 7.04. The zero-order chi connectivity index (χ0) is 20.8. The molecule has 0 aliphatic carbocycles. The Morgan fingerprint density at radius 1 is 1.00 bits per heavy atom. The minimum Gasteiger partial charge on any atom is -0.334 e. The number of rotatable bonds is 3. The van der Waals surface area contributed by atoms with Crippen LogP contribution in [0.5, 0.6) is 0 Å². The van der Waals surface area contributed by atoms with Gasteiger partial charge >= 0.3 is 11.8 Å². The monoisotopic (exact) mass is 396 g/mol. The molecule has 1 aromatic heterocycles. The van der Waals surface area contributed by atoms with Crippen molar-refractivity contribution in [2.45, 2.75) is 33.1 Å². The van der Waals surface area contributed by atoms with Crippen molar-refractivity contribution < 1.29 is 14.4 Å². The molecule has 29 heavy (non-hydrogen) atoms. The van der Waals surface area contributed by atoms with Crippen molar-refractivity contribution in [3.8, 4) is 11.4 Å². The summed E-state index contributed by atoms with van der Waals surface area (Å²) in [6.45, 7) is 5.13. The number of hydrogen-bond donors (Lipinski definition) is 2. The lowest BCUT2D eigenvalue weighted by Gasteiger charge is -2.25. The number of piperidine rings is 1. The van der Waals surface area contributed by atoms with Crippen LogP contribution in [-0.4, -0.2) is 50.5 Å². The fourth-order valence-electron chi connectivity index (χ4n) is 3.18. The van der Waals surface area contributed by atoms with Crippen LogP contribution in [0.15, 0.2) is 30.6 Å². The van der Waals surface area contributed by atoms with Gasteiger partial charge < -0.3 is 4.90 Å². The first-order chi connectivity index (χ1) is 13.9. The van der Waals surface area contributed by atoms with Crippen LogP contribution in [0.1, 0.15) is 30.4 Å². The van der Waals surface area contributed by atoms with Gasteiger partial charge in [0, 0.05) is 30.9 Å². The Bertz CT molecular complexity index is 923. The second kappa shape index (κ2) is 9.13. The maximum atomic E-state index is 12.0. The van der Waals surface area contributed by atoms with Gasteiger partial charge in [0.05, 0.1) is 0 Å². The van der Waals surface area contributed by atoms with Crippen molar-refractivity contribution >= 4 is 23.9 Å². The molecule has 2 N–H and O–H groups in total. The molecule has 0 spiro atoms. The third-order valence-electron chi connectivity index (χ3n) is 4.50. The number of nitrogens with one attached hydrogen (secondary N) is 2. The molecule has 0 atom stereocenters. The van der Waals surface area contributed by atoms with E-state index in [0.29, 0.717) is 18.9 Å². The van der Waals surface area contributed by atoms with E-state index in [2.05, 4.69) is 27.0 Å². The lowest BCUT2D eigenvalue weighted by molar-refractivity contribution is -0.147. The van der Waals surface area contributed by atoms with E-state index in [1.54, 1.807) is 0 Å². The van der Waals surface area contributed by atoms with Crippen molar-refractivity contribution in [2.24, 2.45) is 0 Å². The SMILES string of the molecule is Cc1cc(C)cc(-c2ncn(/C=C\C(=O)NNC(=O)C(=O)N3CCCCC3)n2)c1. The van der Waals surface area contributed by atoms with E-state index >= 15 is 0 Å². The summed E-state index contributed by atoms with van der Waals surface area (Å²) in [5.74, 6) is -1.54. The zero-order valence-corrected chi connectivity index (χ0v) is 16.5. The Kier molecular flexibility index (Phi) is 6.38. The molecule has 1 aliphatic rings. The molecule has 0 unspecified atom stereocenters. The summed E-state index contributed by atoms with van der Waals surface area (Å²) in [5.41, 5.74) is 7.44. The van der Waals surface area contributed by atoms with Gasteiger partial charge in [0.1, 0.15) is 6.33 Å². The van der Waals surface area contributed by atoms with Crippen LogP contribution in [0.2, 0.25) is 0 Å². The first-order valence-corrected chi connectivity index (χ1v) is 9.49. The predicted octanol–water partition coefficient (Wildman–Crippen LogP) is 1.19. The Labute approximate surface area is 168 Å². The number of hydrogen-bond acceptors (Lipinski definition) is 5. The Hall–Kier alpha value is -3.49. The fraction of sp³-hybridized carbons (Fsp3) is 0.350. The molecule has 9 nitrogen and oxygen atoms in total. The number of hydrazine groups is 1. The zero-order valence-electron chi connectivity index (χ0n) is 16.5. The van der Waals surface area contributed by atoms with Crippen molar-refractivity contribution in [1.29, 1.82) is 0 Å². The van der Waals surface area contributed by atoms with E-state index in [9.17, 15) is 14.4 Å². The van der Waals surface area contributed by atoms with Gasteiger partial charge in [-0.15, -0.1) is 5.10 Å². The second-order valence-electron chi connectivity index (χ2n) is 7.04. The number of benzene rings is 1. The lowest BCUT2D eigenvalue weighted by atomic mass is 10.1. The number of aryl methyl sites for hydroxylation is 2. The largest absolute Gasteiger partial charge is 0.334 e. The molecule has 0 bridgehead atoms. The fourth-order valence-corrected chi connectivity index (χ4v) is 3.18. The number of likely N-dealkylation sites (tertiary alicyclic amines) is 1. The third kappa shape index (κ3) is 5.50. The average molecular weight is 396 g/mol. The van der Waals surface area contributed by atoms with E-state index < -0.39 is 17.7 Å². The van der Waals surface area contributed by atoms with Crippen LogP contribution in [0, 0.1) is 13.8 Å². The minimum atomic E-state index is -0.855. The highest BCUT2D eigenvalue weighted by Crippen LogP contribution is 2.18. The molecule has 1 aromatic carbocycles. The Morgan fingerprint density at radius 2 is 1.69 bits per heavy atom. The van der Waals surface area contributed by atoms with Crippen molar-refractivity contribution in [1.82, 2.24) is 30.5 Å². The molecule has 9 heteroatoms. The normalized spacial score (nSPS) is 14.1. The highest BCUT2D eigenvalue weighted by molar-refractivity contribution is 6.35. The smallest absolute Gasteiger partial charge is 0.327 e. The lowest BCUT2D eigenvalue weighted by Crippen LogP contribution is -2.50. The van der Waals surface area contributed by atoms with Gasteiger partial charge in [0.2, 0.25) is 0 Å². The standard InChI is InChI=1S/C20H24N6O3/c1-14-10-15(2)12-16(11-14)18-21-13-26(24-18)9-6-17(27)22-23-19(28)20(29)25-7-4-3-5-8-25/h6,9-13H,3-5,7-8H2,1-2H3,(H,22,27)(H,23,28)/b9-6-. The molecule has 3 amide bonds. The molecular formula is C20H24N6O3. The number of nitrogens with zero attached hydrogens (tertiary/aromatic N) is 4. The van der Waals surface area contributed by atoms with Crippen LogP contribution in [-0.2, 0) is 14.4 Å². The average Bonchev–Trinajstić information content (AvgIpc) is 3.19. The van der Waals surface area contributed by atoms with E-state index in [0.717, 1.165) is 36.0 Å². The van der Waals surface area contributed by atoms with Gasteiger partial charge in [-0.25, -0.2) is 9.67 Å². The molecule has 2 aromatic rings. The number of carbonyl (C=O) groups is 3. The molecule has 0 saturated carbocycles. The van der Waals surface area contributed by atoms with Gasteiger partial charge in [0.25, 0.3) is 5.91 Å². The predicted molar refractivity (Wildman–Crippen MR) is 107 cm³/mol. The highest BCUT2D eigenvalue weighted by Gasteiger charge is 2.23. The van der Waals surface area contributed by atoms with Crippen LogP contribution < -0.4 is 10.9 Å². The summed E-state index contributed by atoms with van der Waals surface area (Å²) in [6.07, 6.45) is 6.90. The van der Waals surface area contributed by atoms with E-state index in [4.69, 9.17) is 0 Å². The molecule has 1 fully saturated rings. The van der Waals surface area contributed by atoms with Gasteiger partial charge in [0.15, 0.2) is 5.82 Å². The van der Waals surface area contributed by atoms with Crippen LogP contribution >= 0.6 is 0 Å². The topological polar surface area (TPSA) is 109 Å². The van der Waals surface area contributed by atoms with Crippen LogP contribution in [0.3, 0.4) is 0 Å². The van der Waals surface area contributed by atoms with Gasteiger partial charge in [-0.05, 0) is 45.2 Å². The van der Waals surface area contributed by atoms with Gasteiger partial charge in [-0.2, -0.15) is 0 Å². The molecule has 3 rings (SSSR count). The van der Waals surface area contributed by atoms with Crippen molar-refractivity contribution in [2.75, 3.05) is 13.1 Å². The number of amides is 3. The number of carbonyl (C=O) groups excluding carboxylic acids is 3. The maximum absolute atomic E-state index is 12.0. The van der Waals surface area contributed by atoms with Crippen LogP contribution in [0.4, 0.5) is 0 Å². The number of aromatic nitrogens is 3. The van der Waals surface area contributed by atoms with E-state index in [-0.39, 0.29) is 0 Å². The summed E-state index contributed by atoms with van der Waals surface area (Å²) in [4.78, 5) is 41.5. The molecule has 152 valence electrons. The van der Waals surface area contributed by atoms with Crippen LogP contribution in [0.25, 0.3) is 17.6 Å². The Morgan fingerprint density at radius 3 is 2.38 bits per heavy atom. The Balaban J connectivity index is 1.52. The highest BCUT2D eigenvalue weighted by atomic mass is 16.2. The quantitative estimate of drug-likeness (QED) is 0.460. The first-order valence-electron chi connectivity index (χ1n) is 9.49. The molecule has 1 saturated heterocycles. The summed E-state index contributed by atoms with van der Waals surface area (Å²) >= 11 is 0. The summed E-state index contributed by atoms with van der Waals surface area (Å²) < 4.78 is 1.40. The van der Waals surface area contributed by atoms with E-state index in [1.807, 2.05) is 26.0 Å². The molecule has 1 aliphatic heterocycles. The van der Waals surface area contributed by atoms with Gasteiger partial charge in [-0.1, -0.05) is 17.2 Å². The maximum Gasteiger partial charge on any atom is 0.327 e. The van der Waals surface area contributed by atoms with Crippen molar-refractivity contribution in [3.63, 3.8) is 0 Å². The molecular weight excluding hydrogens is 372 g/mol. The molecule has 0 radical (unpaired) electrons. The third-order valence-corrected chi connectivity index (χ3v) is 4.50.